The lowest BCUT2D eigenvalue weighted by molar-refractivity contribution is -0.189. The summed E-state index contributed by atoms with van der Waals surface area (Å²) >= 11 is 0. The number of aliphatic hydroxyl groups is 1. The van der Waals surface area contributed by atoms with Crippen LogP contribution in [-0.4, -0.2) is 125 Å². The normalized spacial score (nSPS) is 22.4. The van der Waals surface area contributed by atoms with Crippen LogP contribution in [0.15, 0.2) is 72.4 Å². The summed E-state index contributed by atoms with van der Waals surface area (Å²) in [6.45, 7) is 24.8. The van der Waals surface area contributed by atoms with Gasteiger partial charge in [-0.15, -0.1) is 0 Å². The van der Waals surface area contributed by atoms with Crippen LogP contribution in [0.4, 0.5) is 0 Å². The minimum absolute atomic E-state index is 0.0174. The molecule has 2 aromatic carbocycles. The highest BCUT2D eigenvalue weighted by Gasteiger charge is 2.46. The van der Waals surface area contributed by atoms with Crippen molar-refractivity contribution in [2.45, 2.75) is 118 Å². The number of carbonyl (C=O) groups excluding carboxylic acids is 5. The van der Waals surface area contributed by atoms with Gasteiger partial charge in [-0.05, 0) is 93.3 Å². The summed E-state index contributed by atoms with van der Waals surface area (Å²) in [6, 6.07) is 10.3. The van der Waals surface area contributed by atoms with E-state index in [0.29, 0.717) is 25.9 Å². The number of nitrogens with zero attached hydrogens (tertiary/aromatic N) is 5. The second-order valence-electron chi connectivity index (χ2n) is 19.6. The molecule has 2 fully saturated rings. The fraction of sp³-hybridized carbons (Fsp3) is 0.509. The number of rotatable bonds is 12. The molecule has 15 heteroatoms. The Morgan fingerprint density at radius 1 is 1.09 bits per heavy atom. The number of hydrogen-bond acceptors (Lipinski definition) is 10. The summed E-state index contributed by atoms with van der Waals surface area (Å²) < 4.78 is 14.1. The van der Waals surface area contributed by atoms with E-state index in [2.05, 4.69) is 59.7 Å². The van der Waals surface area contributed by atoms with Crippen LogP contribution in [0.25, 0.3) is 27.6 Å². The molecule has 5 atom stereocenters. The summed E-state index contributed by atoms with van der Waals surface area (Å²) in [7, 11) is 3.23. The molecule has 3 aromatic rings. The molecule has 1 aromatic heterocycles. The molecule has 3 aliphatic rings. The van der Waals surface area contributed by atoms with Crippen LogP contribution in [0, 0.1) is 24.2 Å². The van der Waals surface area contributed by atoms with Crippen LogP contribution in [0.1, 0.15) is 90.1 Å². The van der Waals surface area contributed by atoms with Crippen molar-refractivity contribution < 1.29 is 38.6 Å². The molecule has 6 bridgehead atoms. The van der Waals surface area contributed by atoms with E-state index >= 15 is 0 Å². The molecule has 2 saturated heterocycles. The van der Waals surface area contributed by atoms with Crippen LogP contribution in [0.5, 0.6) is 0 Å². The van der Waals surface area contributed by atoms with Crippen molar-refractivity contribution in [1.82, 2.24) is 30.1 Å². The molecule has 3 aliphatic heterocycles. The van der Waals surface area contributed by atoms with Crippen molar-refractivity contribution in [3.8, 4) is 11.1 Å². The highest BCUT2D eigenvalue weighted by molar-refractivity contribution is 5.96. The number of amides is 4. The van der Waals surface area contributed by atoms with Crippen molar-refractivity contribution in [1.29, 1.82) is 0 Å². The lowest BCUT2D eigenvalue weighted by Gasteiger charge is -2.40. The number of ether oxygens (including phenoxy) is 2. The third kappa shape index (κ3) is 10.7. The van der Waals surface area contributed by atoms with Gasteiger partial charge in [0.25, 0.3) is 5.91 Å². The molecule has 0 spiro atoms. The Kier molecular flexibility index (Phi) is 16.0. The van der Waals surface area contributed by atoms with Gasteiger partial charge in [-0.25, -0.2) is 4.79 Å². The summed E-state index contributed by atoms with van der Waals surface area (Å²) in [5.41, 5.74) is 7.90. The van der Waals surface area contributed by atoms with Gasteiger partial charge in [0.2, 0.25) is 23.4 Å². The van der Waals surface area contributed by atoms with E-state index in [1.165, 1.54) is 16.0 Å². The Hall–Kier alpha value is -5.90. The maximum absolute atomic E-state index is 14.8. The first kappa shape index (κ1) is 51.5. The van der Waals surface area contributed by atoms with E-state index in [9.17, 15) is 29.1 Å². The first-order valence-electron chi connectivity index (χ1n) is 23.8. The van der Waals surface area contributed by atoms with Gasteiger partial charge in [-0.1, -0.05) is 76.8 Å². The second-order valence-corrected chi connectivity index (χ2v) is 19.6. The molecule has 3 N–H and O–H groups in total. The highest BCUT2D eigenvalue weighted by atomic mass is 16.6. The molecular formula is C53H71N7O8. The molecule has 6 rings (SSSR count). The highest BCUT2D eigenvalue weighted by Crippen LogP contribution is 2.40. The van der Waals surface area contributed by atoms with Gasteiger partial charge < -0.3 is 34.3 Å². The molecule has 4 heterocycles. The Balaban J connectivity index is 1.49. The lowest BCUT2D eigenvalue weighted by Crippen LogP contribution is -2.67. The van der Waals surface area contributed by atoms with E-state index in [4.69, 9.17) is 14.5 Å². The number of aryl methyl sites for hydroxylation is 2. The van der Waals surface area contributed by atoms with Crippen molar-refractivity contribution in [3.05, 3.63) is 89.8 Å². The summed E-state index contributed by atoms with van der Waals surface area (Å²) in [4.78, 5) is 77.5. The number of carbonyl (C=O) groups is 5. The average molecular weight is 934 g/mol. The van der Waals surface area contributed by atoms with Crippen LogP contribution < -0.4 is 10.7 Å². The number of fused-ring (bicyclic) bond motifs is 6. The molecule has 0 saturated carbocycles. The van der Waals surface area contributed by atoms with Gasteiger partial charge in [-0.3, -0.25) is 29.2 Å². The largest absolute Gasteiger partial charge is 0.462 e. The van der Waals surface area contributed by atoms with Gasteiger partial charge >= 0.3 is 5.97 Å². The number of nitrogens with one attached hydrogen (secondary N) is 2. The van der Waals surface area contributed by atoms with Crippen molar-refractivity contribution in [2.24, 2.45) is 22.2 Å². The monoisotopic (exact) mass is 934 g/mol. The van der Waals surface area contributed by atoms with E-state index in [0.717, 1.165) is 55.7 Å². The van der Waals surface area contributed by atoms with Crippen LogP contribution in [0.3, 0.4) is 0 Å². The molecule has 366 valence electrons. The van der Waals surface area contributed by atoms with Gasteiger partial charge in [0.05, 0.1) is 30.0 Å². The van der Waals surface area contributed by atoms with Crippen molar-refractivity contribution >= 4 is 52.3 Å². The van der Waals surface area contributed by atoms with Gasteiger partial charge in [-0.2, -0.15) is 5.43 Å². The predicted octanol–water partition coefficient (Wildman–Crippen LogP) is 6.15. The Labute approximate surface area is 401 Å². The fourth-order valence-corrected chi connectivity index (χ4v) is 10.1. The predicted molar refractivity (Wildman–Crippen MR) is 265 cm³/mol. The molecule has 4 amide bonds. The van der Waals surface area contributed by atoms with Gasteiger partial charge in [0, 0.05) is 81.3 Å². The molecular weight excluding hydrogens is 863 g/mol. The number of hydrogen-bond donors (Lipinski definition) is 3. The molecule has 15 nitrogen and oxygen atoms in total. The smallest absolute Gasteiger partial charge is 0.355 e. The number of methoxy groups -OCH3 is 1. The maximum atomic E-state index is 14.8. The summed E-state index contributed by atoms with van der Waals surface area (Å²) in [6.07, 6.45) is 5.65. The third-order valence-electron chi connectivity index (χ3n) is 13.5. The number of likely N-dealkylation sites (N-methyl/N-ethyl adjacent to an activating group) is 1. The Morgan fingerprint density at radius 2 is 1.82 bits per heavy atom. The summed E-state index contributed by atoms with van der Waals surface area (Å²) in [5, 5.41) is 17.1. The number of aliphatic imine (C=N–C) groups is 1. The van der Waals surface area contributed by atoms with Gasteiger partial charge in [0.15, 0.2) is 0 Å². The van der Waals surface area contributed by atoms with Gasteiger partial charge in [0.1, 0.15) is 12.1 Å². The van der Waals surface area contributed by atoms with E-state index in [1.54, 1.807) is 25.3 Å². The topological polar surface area (TPSA) is 175 Å². The number of aromatic nitrogens is 1. The number of benzene rings is 2. The average Bonchev–Trinajstić information content (AvgIpc) is 3.92. The second kappa shape index (κ2) is 21.2. The quantitative estimate of drug-likeness (QED) is 0.0834. The van der Waals surface area contributed by atoms with Crippen LogP contribution >= 0.6 is 0 Å². The first-order chi connectivity index (χ1) is 32.2. The minimum Gasteiger partial charge on any atom is -0.462 e. The van der Waals surface area contributed by atoms with Crippen LogP contribution in [0.2, 0.25) is 0 Å². The standard InChI is InChI=1S/C53H71N7O8/c1-13-39(45(54-15-3)34(8)67-12)47-41-29-52(9,10)31-68-51(65)53(66)21-17-22-60(56-53)50(64)42(27-35-24-33(7)25-38(26-35)36-18-19-43(40(41)28-36)59(47)16-4)55-48(62)46(32(5)6)57(11)49(63)37-20-23-58(30-37)44(61)14-2/h13-15,18-19,24-26,28,32,34,37,42,46,56,66H,1-2,16-17,20-23,27,29-31H2,3-12H3,(H,55,62)/b45-39+,54-15?/t34-,37-,42-,46-,53-/m0/s1. The molecule has 0 unspecified atom stereocenters. The SMILES string of the molecule is C=CC(=O)N1CC[C@H](C(=O)N(C)[C@H](C(=O)N[C@H]2Cc3cc(C)cc(c3)-c3ccc4c(c3)c(c(/C(C=C)=C(/N=CC)[C@H](C)OC)n4CC)CC(C)(C)COC(=O)[C@@]3(O)CCCN(N3)C2=O)C(C)C)C1. The maximum Gasteiger partial charge on any atom is 0.355 e. The Bertz CT molecular complexity index is 2520. The van der Waals surface area contributed by atoms with E-state index in [1.807, 2.05) is 66.7 Å². The molecule has 68 heavy (non-hydrogen) atoms. The number of cyclic esters (lactones) is 1. The van der Waals surface area contributed by atoms with Crippen molar-refractivity contribution in [2.75, 3.05) is 40.4 Å². The van der Waals surface area contributed by atoms with E-state index in [-0.39, 0.29) is 62.8 Å². The Morgan fingerprint density at radius 3 is 2.47 bits per heavy atom. The first-order valence-corrected chi connectivity index (χ1v) is 23.8. The zero-order valence-electron chi connectivity index (χ0n) is 41.6. The minimum atomic E-state index is -2.24. The summed E-state index contributed by atoms with van der Waals surface area (Å²) in [5.74, 6) is -3.42. The number of likely N-dealkylation sites (tertiary alicyclic amines) is 1. The zero-order chi connectivity index (χ0) is 49.8. The van der Waals surface area contributed by atoms with Crippen molar-refractivity contribution in [3.63, 3.8) is 0 Å². The molecule has 0 radical (unpaired) electrons. The van der Waals surface area contributed by atoms with E-state index < -0.39 is 46.9 Å². The fourth-order valence-electron chi connectivity index (χ4n) is 10.1. The zero-order valence-corrected chi connectivity index (χ0v) is 41.6. The number of hydrazine groups is 1. The third-order valence-corrected chi connectivity index (χ3v) is 13.5. The van der Waals surface area contributed by atoms with Crippen LogP contribution in [-0.2, 0) is 52.8 Å². The molecule has 0 aliphatic carbocycles. The number of esters is 1. The number of allylic oxidation sites excluding steroid dienone is 2. The lowest BCUT2D eigenvalue weighted by atomic mass is 9.84.